The van der Waals surface area contributed by atoms with Crippen LogP contribution in [-0.4, -0.2) is 99.6 Å². The fourth-order valence-corrected chi connectivity index (χ4v) is 8.91. The third-order valence-electron chi connectivity index (χ3n) is 13.8. The van der Waals surface area contributed by atoms with Gasteiger partial charge in [-0.15, -0.1) is 0 Å². The molecule has 0 aromatic heterocycles. The summed E-state index contributed by atoms with van der Waals surface area (Å²) in [4.78, 5) is 26.5. The van der Waals surface area contributed by atoms with Gasteiger partial charge >= 0.3 is 5.97 Å². The van der Waals surface area contributed by atoms with E-state index in [1.54, 1.807) is 6.08 Å². The Morgan fingerprint density at radius 2 is 0.987 bits per heavy atom. The second-order valence-corrected chi connectivity index (χ2v) is 20.8. The van der Waals surface area contributed by atoms with E-state index >= 15 is 0 Å². The first kappa shape index (κ1) is 71.3. The third-order valence-corrected chi connectivity index (χ3v) is 13.8. The molecule has 0 aromatic carbocycles. The van der Waals surface area contributed by atoms with Crippen molar-refractivity contribution in [2.45, 2.75) is 282 Å². The molecule has 6 N–H and O–H groups in total. The molecule has 1 aliphatic heterocycles. The predicted octanol–water partition coefficient (Wildman–Crippen LogP) is 14.5. The number of carbonyl (C=O) groups excluding carboxylic acids is 2. The number of esters is 1. The lowest BCUT2D eigenvalue weighted by atomic mass is 9.99. The van der Waals surface area contributed by atoms with Gasteiger partial charge in [0.15, 0.2) is 12.4 Å². The lowest BCUT2D eigenvalue weighted by Crippen LogP contribution is -2.61. The van der Waals surface area contributed by atoms with Crippen LogP contribution >= 0.6 is 0 Å². The lowest BCUT2D eigenvalue weighted by Gasteiger charge is -2.41. The molecule has 1 amide bonds. The number of hydrogen-bond donors (Lipinski definition) is 6. The Morgan fingerprint density at radius 1 is 0.532 bits per heavy atom. The fraction of sp³-hybridized carbons (Fsp3) is 0.697. The van der Waals surface area contributed by atoms with Crippen molar-refractivity contribution < 1.29 is 49.3 Å². The van der Waals surface area contributed by atoms with Crippen molar-refractivity contribution in [2.24, 2.45) is 0 Å². The molecule has 1 rings (SSSR count). The topological polar surface area (TPSA) is 175 Å². The van der Waals surface area contributed by atoms with E-state index in [-0.39, 0.29) is 19.4 Å². The van der Waals surface area contributed by atoms with Crippen LogP contribution < -0.4 is 5.32 Å². The van der Waals surface area contributed by atoms with E-state index in [0.29, 0.717) is 12.8 Å². The first-order valence-electron chi connectivity index (χ1n) is 30.7. The molecule has 0 radical (unpaired) electrons. The first-order valence-corrected chi connectivity index (χ1v) is 30.7. The highest BCUT2D eigenvalue weighted by atomic mass is 16.7. The SMILES string of the molecule is CC/C=C/C=C/C=C\C=C/C=C/CCCCC(O)C(=O)NC(COC1OC(CO)C(O)C(O)C1OC(=O)CCCCCCCCCCCC/C=C\C/C=C\C/C=C\CCCCC)C(O)/C=C/CCCCCCCCCCC. The Kier molecular flexibility index (Phi) is 49.1. The van der Waals surface area contributed by atoms with E-state index in [2.05, 4.69) is 68.6 Å². The molecular weight excluding hydrogens is 967 g/mol. The van der Waals surface area contributed by atoms with Gasteiger partial charge in [-0.2, -0.15) is 0 Å². The number of rotatable bonds is 50. The summed E-state index contributed by atoms with van der Waals surface area (Å²) >= 11 is 0. The molecule has 1 aliphatic rings. The van der Waals surface area contributed by atoms with Gasteiger partial charge in [0, 0.05) is 6.42 Å². The summed E-state index contributed by atoms with van der Waals surface area (Å²) in [6.07, 6.45) is 61.3. The van der Waals surface area contributed by atoms with Gasteiger partial charge in [-0.25, -0.2) is 0 Å². The summed E-state index contributed by atoms with van der Waals surface area (Å²) in [5.41, 5.74) is 0. The number of amides is 1. The van der Waals surface area contributed by atoms with E-state index in [9.17, 15) is 35.1 Å². The molecule has 1 heterocycles. The zero-order valence-electron chi connectivity index (χ0n) is 48.5. The van der Waals surface area contributed by atoms with E-state index in [4.69, 9.17) is 14.2 Å². The molecule has 0 aliphatic carbocycles. The van der Waals surface area contributed by atoms with Gasteiger partial charge < -0.3 is 45.1 Å². The minimum Gasteiger partial charge on any atom is -0.454 e. The monoisotopic (exact) mass is 1080 g/mol. The minimum atomic E-state index is -1.63. The second kappa shape index (κ2) is 53.0. The fourth-order valence-electron chi connectivity index (χ4n) is 8.91. The highest BCUT2D eigenvalue weighted by Crippen LogP contribution is 2.26. The molecule has 0 bridgehead atoms. The maximum atomic E-state index is 13.4. The summed E-state index contributed by atoms with van der Waals surface area (Å²) < 4.78 is 17.6. The van der Waals surface area contributed by atoms with Crippen molar-refractivity contribution in [3.05, 3.63) is 109 Å². The average molecular weight is 1080 g/mol. The first-order chi connectivity index (χ1) is 37.7. The van der Waals surface area contributed by atoms with Crippen LogP contribution in [0.4, 0.5) is 0 Å². The number of allylic oxidation sites excluding steroid dienone is 17. The molecule has 0 spiro atoms. The van der Waals surface area contributed by atoms with Crippen LogP contribution in [0.3, 0.4) is 0 Å². The third kappa shape index (κ3) is 41.1. The van der Waals surface area contributed by atoms with Gasteiger partial charge in [-0.1, -0.05) is 252 Å². The van der Waals surface area contributed by atoms with Crippen LogP contribution in [0.5, 0.6) is 0 Å². The van der Waals surface area contributed by atoms with Crippen LogP contribution in [0.2, 0.25) is 0 Å². The van der Waals surface area contributed by atoms with Crippen molar-refractivity contribution in [3.8, 4) is 0 Å². The Labute approximate surface area is 468 Å². The van der Waals surface area contributed by atoms with Crippen molar-refractivity contribution in [1.82, 2.24) is 5.32 Å². The molecule has 0 aromatic rings. The highest BCUT2D eigenvalue weighted by Gasteiger charge is 2.47. The molecule has 11 heteroatoms. The lowest BCUT2D eigenvalue weighted by molar-refractivity contribution is -0.305. The van der Waals surface area contributed by atoms with Gasteiger partial charge in [-0.05, 0) is 83.5 Å². The van der Waals surface area contributed by atoms with Gasteiger partial charge in [-0.3, -0.25) is 9.59 Å². The molecule has 0 saturated carbocycles. The van der Waals surface area contributed by atoms with Crippen LogP contribution in [0.25, 0.3) is 0 Å². The molecule has 77 heavy (non-hydrogen) atoms. The van der Waals surface area contributed by atoms with Crippen LogP contribution in [0.1, 0.15) is 233 Å². The number of unbranched alkanes of at least 4 members (excludes halogenated alkanes) is 24. The summed E-state index contributed by atoms with van der Waals surface area (Å²) in [5, 5.41) is 56.8. The Morgan fingerprint density at radius 3 is 1.55 bits per heavy atom. The zero-order valence-corrected chi connectivity index (χ0v) is 48.5. The number of ether oxygens (including phenoxy) is 3. The van der Waals surface area contributed by atoms with E-state index in [1.807, 2.05) is 60.8 Å². The van der Waals surface area contributed by atoms with Crippen LogP contribution in [0.15, 0.2) is 109 Å². The van der Waals surface area contributed by atoms with Crippen molar-refractivity contribution in [2.75, 3.05) is 13.2 Å². The van der Waals surface area contributed by atoms with Crippen LogP contribution in [0, 0.1) is 0 Å². The summed E-state index contributed by atoms with van der Waals surface area (Å²) in [7, 11) is 0. The van der Waals surface area contributed by atoms with Gasteiger partial charge in [0.1, 0.15) is 24.4 Å². The smallest absolute Gasteiger partial charge is 0.306 e. The number of nitrogens with one attached hydrogen (secondary N) is 1. The van der Waals surface area contributed by atoms with Crippen molar-refractivity contribution in [3.63, 3.8) is 0 Å². The molecule has 1 fully saturated rings. The maximum Gasteiger partial charge on any atom is 0.306 e. The van der Waals surface area contributed by atoms with Gasteiger partial charge in [0.2, 0.25) is 5.91 Å². The normalized spacial score (nSPS) is 19.8. The average Bonchev–Trinajstić information content (AvgIpc) is 3.43. The summed E-state index contributed by atoms with van der Waals surface area (Å²) in [5.74, 6) is -1.25. The Balaban J connectivity index is 2.66. The second-order valence-electron chi connectivity index (χ2n) is 20.8. The molecular formula is C66H111NO10. The molecule has 8 atom stereocenters. The van der Waals surface area contributed by atoms with Crippen LogP contribution in [-0.2, 0) is 23.8 Å². The van der Waals surface area contributed by atoms with Gasteiger partial charge in [0.05, 0.1) is 25.4 Å². The molecule has 1 saturated heterocycles. The summed E-state index contributed by atoms with van der Waals surface area (Å²) in [6.45, 7) is 5.56. The number of aliphatic hydroxyl groups excluding tert-OH is 5. The quantitative estimate of drug-likeness (QED) is 0.0149. The Bertz CT molecular complexity index is 1660. The molecule has 11 nitrogen and oxygen atoms in total. The van der Waals surface area contributed by atoms with E-state index in [1.165, 1.54) is 96.3 Å². The zero-order chi connectivity index (χ0) is 56.1. The van der Waals surface area contributed by atoms with E-state index < -0.39 is 67.4 Å². The largest absolute Gasteiger partial charge is 0.454 e. The van der Waals surface area contributed by atoms with Crippen molar-refractivity contribution >= 4 is 11.9 Å². The number of hydrogen-bond acceptors (Lipinski definition) is 10. The molecule has 440 valence electrons. The van der Waals surface area contributed by atoms with E-state index in [0.717, 1.165) is 89.9 Å². The summed E-state index contributed by atoms with van der Waals surface area (Å²) in [6, 6.07) is -1.05. The van der Waals surface area contributed by atoms with Crippen molar-refractivity contribution in [1.29, 1.82) is 0 Å². The molecule has 8 unspecified atom stereocenters. The predicted molar refractivity (Wildman–Crippen MR) is 319 cm³/mol. The Hall–Kier alpha value is -3.68. The number of aliphatic hydroxyl groups is 5. The highest BCUT2D eigenvalue weighted by molar-refractivity contribution is 5.80. The maximum absolute atomic E-state index is 13.4. The number of carbonyl (C=O) groups is 2. The van der Waals surface area contributed by atoms with Gasteiger partial charge in [0.25, 0.3) is 0 Å². The minimum absolute atomic E-state index is 0.107. The standard InChI is InChI=1S/C66H111NO10/c1-4-7-10-13-16-19-22-24-26-27-28-29-30-31-32-33-34-36-39-42-45-48-51-54-61(71)77-64-63(73)62(72)60(55-68)76-66(64)75-56-57(58(69)52-49-46-43-40-37-21-18-15-12-9-6-3)67-65(74)59(70)53-50-47-44-41-38-35-25-23-20-17-14-11-8-5-2/h8,11,14,16-17,19-20,23-26,28-29,35,38,41,49,52,57-60,62-64,66,68-70,72-73H,4-7,9-10,12-13,15,18,21-22,27,30-34,36-37,39-40,42-48,50-51,53-56H2,1-3H3,(H,67,74)/b11-8+,17-14+,19-16-,23-20-,26-24-,29-28-,35-25-,41-38+,52-49+.